The molecule has 0 atom stereocenters. The Hall–Kier alpha value is -2.47. The monoisotopic (exact) mass is 326 g/mol. The number of aryl methyl sites for hydroxylation is 1. The van der Waals surface area contributed by atoms with Crippen LogP contribution in [-0.2, 0) is 13.6 Å². The minimum Gasteiger partial charge on any atom is -0.351 e. The Balaban J connectivity index is 1.68. The van der Waals surface area contributed by atoms with Crippen LogP contribution < -0.4 is 5.32 Å². The molecule has 1 N–H and O–H groups in total. The molecule has 0 aliphatic heterocycles. The number of aromatic nitrogens is 3. The fourth-order valence-electron chi connectivity index (χ4n) is 2.36. The van der Waals surface area contributed by atoms with E-state index in [0.717, 1.165) is 27.0 Å². The van der Waals surface area contributed by atoms with Crippen molar-refractivity contribution in [2.24, 2.45) is 7.05 Å². The Morgan fingerprint density at radius 1 is 1.22 bits per heavy atom. The van der Waals surface area contributed by atoms with Gasteiger partial charge in [-0.3, -0.25) is 4.79 Å². The van der Waals surface area contributed by atoms with Crippen molar-refractivity contribution in [2.75, 3.05) is 0 Å². The Kier molecular flexibility index (Phi) is 4.25. The first-order valence-electron chi connectivity index (χ1n) is 7.35. The van der Waals surface area contributed by atoms with Gasteiger partial charge in [0.1, 0.15) is 10.0 Å². The van der Waals surface area contributed by atoms with E-state index in [2.05, 4.69) is 15.5 Å². The van der Waals surface area contributed by atoms with E-state index in [4.69, 9.17) is 0 Å². The smallest absolute Gasteiger partial charge is 0.253 e. The van der Waals surface area contributed by atoms with E-state index in [1.54, 1.807) is 0 Å². The summed E-state index contributed by atoms with van der Waals surface area (Å²) in [4.78, 5) is 12.3. The molecule has 1 aromatic carbocycles. The number of hydrogen-bond donors (Lipinski definition) is 1. The SMILES string of the molecule is Cc1cc(C(=O)NCc2nnc(-c3ccccc3)s2)c(C)n1C. The molecule has 23 heavy (non-hydrogen) atoms. The standard InChI is InChI=1S/C17H18N4OS/c1-11-9-14(12(2)21(11)3)16(22)18-10-15-19-20-17(23-15)13-7-5-4-6-8-13/h4-9H,10H2,1-3H3,(H,18,22). The fourth-order valence-corrected chi connectivity index (χ4v) is 3.14. The first-order chi connectivity index (χ1) is 11.1. The van der Waals surface area contributed by atoms with Gasteiger partial charge in [-0.05, 0) is 19.9 Å². The summed E-state index contributed by atoms with van der Waals surface area (Å²) in [5, 5.41) is 12.9. The molecule has 0 bridgehead atoms. The molecular weight excluding hydrogens is 308 g/mol. The Labute approximate surface area is 139 Å². The van der Waals surface area contributed by atoms with Gasteiger partial charge in [-0.2, -0.15) is 0 Å². The summed E-state index contributed by atoms with van der Waals surface area (Å²) in [5.41, 5.74) is 3.77. The molecule has 2 heterocycles. The molecule has 6 heteroatoms. The predicted octanol–water partition coefficient (Wildman–Crippen LogP) is 3.09. The van der Waals surface area contributed by atoms with Crippen molar-refractivity contribution in [2.45, 2.75) is 20.4 Å². The van der Waals surface area contributed by atoms with E-state index in [-0.39, 0.29) is 5.91 Å². The Morgan fingerprint density at radius 2 is 1.96 bits per heavy atom. The zero-order chi connectivity index (χ0) is 16.4. The Bertz CT molecular complexity index is 836. The second-order valence-corrected chi connectivity index (χ2v) is 6.46. The van der Waals surface area contributed by atoms with Gasteiger partial charge < -0.3 is 9.88 Å². The summed E-state index contributed by atoms with van der Waals surface area (Å²) in [7, 11) is 1.96. The summed E-state index contributed by atoms with van der Waals surface area (Å²) in [5.74, 6) is -0.0809. The maximum atomic E-state index is 12.3. The lowest BCUT2D eigenvalue weighted by atomic mass is 10.2. The highest BCUT2D eigenvalue weighted by Crippen LogP contribution is 2.23. The lowest BCUT2D eigenvalue weighted by molar-refractivity contribution is 0.0950. The van der Waals surface area contributed by atoms with Crippen LogP contribution in [0, 0.1) is 13.8 Å². The molecule has 0 radical (unpaired) electrons. The number of nitrogens with one attached hydrogen (secondary N) is 1. The molecule has 0 spiro atoms. The maximum absolute atomic E-state index is 12.3. The molecule has 3 rings (SSSR count). The molecular formula is C17H18N4OS. The van der Waals surface area contributed by atoms with Crippen molar-refractivity contribution in [1.82, 2.24) is 20.1 Å². The summed E-state index contributed by atoms with van der Waals surface area (Å²) in [6.07, 6.45) is 0. The Morgan fingerprint density at radius 3 is 2.61 bits per heavy atom. The van der Waals surface area contributed by atoms with Gasteiger partial charge in [-0.1, -0.05) is 41.7 Å². The van der Waals surface area contributed by atoms with Gasteiger partial charge in [0.25, 0.3) is 5.91 Å². The van der Waals surface area contributed by atoms with Gasteiger partial charge in [0.05, 0.1) is 12.1 Å². The number of benzene rings is 1. The molecule has 2 aromatic heterocycles. The van der Waals surface area contributed by atoms with Crippen LogP contribution in [0.15, 0.2) is 36.4 Å². The van der Waals surface area contributed by atoms with E-state index < -0.39 is 0 Å². The quantitative estimate of drug-likeness (QED) is 0.801. The van der Waals surface area contributed by atoms with Gasteiger partial charge in [0, 0.05) is 24.0 Å². The van der Waals surface area contributed by atoms with E-state index in [1.165, 1.54) is 11.3 Å². The van der Waals surface area contributed by atoms with Gasteiger partial charge in [-0.25, -0.2) is 0 Å². The molecule has 0 aliphatic rings. The van der Waals surface area contributed by atoms with Crippen LogP contribution in [0.1, 0.15) is 26.8 Å². The van der Waals surface area contributed by atoms with Crippen LogP contribution in [0.5, 0.6) is 0 Å². The lowest BCUT2D eigenvalue weighted by Gasteiger charge is -2.03. The van der Waals surface area contributed by atoms with Gasteiger partial charge in [0.15, 0.2) is 0 Å². The minimum absolute atomic E-state index is 0.0809. The maximum Gasteiger partial charge on any atom is 0.253 e. The zero-order valence-electron chi connectivity index (χ0n) is 13.3. The van der Waals surface area contributed by atoms with Crippen molar-refractivity contribution in [3.05, 3.63) is 58.4 Å². The van der Waals surface area contributed by atoms with Crippen molar-refractivity contribution >= 4 is 17.2 Å². The van der Waals surface area contributed by atoms with E-state index in [0.29, 0.717) is 12.1 Å². The number of rotatable bonds is 4. The number of carbonyl (C=O) groups excluding carboxylic acids is 1. The normalized spacial score (nSPS) is 10.7. The fraction of sp³-hybridized carbons (Fsp3) is 0.235. The first kappa shape index (κ1) is 15.4. The number of amides is 1. The molecule has 0 saturated carbocycles. The average Bonchev–Trinajstić information content (AvgIpc) is 3.14. The minimum atomic E-state index is -0.0809. The van der Waals surface area contributed by atoms with Gasteiger partial charge in [0.2, 0.25) is 0 Å². The largest absolute Gasteiger partial charge is 0.351 e. The molecule has 0 saturated heterocycles. The first-order valence-corrected chi connectivity index (χ1v) is 8.17. The summed E-state index contributed by atoms with van der Waals surface area (Å²) >= 11 is 1.49. The third-order valence-corrected chi connectivity index (χ3v) is 4.88. The highest BCUT2D eigenvalue weighted by Gasteiger charge is 2.14. The van der Waals surface area contributed by atoms with Crippen LogP contribution in [0.4, 0.5) is 0 Å². The van der Waals surface area contributed by atoms with Crippen molar-refractivity contribution < 1.29 is 4.79 Å². The second kappa shape index (κ2) is 6.34. The van der Waals surface area contributed by atoms with Gasteiger partial charge in [-0.15, -0.1) is 10.2 Å². The topological polar surface area (TPSA) is 59.8 Å². The molecule has 0 unspecified atom stereocenters. The van der Waals surface area contributed by atoms with Crippen LogP contribution in [0.25, 0.3) is 10.6 Å². The average molecular weight is 326 g/mol. The summed E-state index contributed by atoms with van der Waals surface area (Å²) in [6.45, 7) is 4.32. The molecule has 5 nitrogen and oxygen atoms in total. The van der Waals surface area contributed by atoms with Crippen LogP contribution in [0.3, 0.4) is 0 Å². The molecule has 118 valence electrons. The summed E-state index contributed by atoms with van der Waals surface area (Å²) < 4.78 is 2.01. The second-order valence-electron chi connectivity index (χ2n) is 5.39. The summed E-state index contributed by atoms with van der Waals surface area (Å²) in [6, 6.07) is 11.8. The number of carbonyl (C=O) groups is 1. The predicted molar refractivity (Wildman–Crippen MR) is 91.4 cm³/mol. The number of nitrogens with zero attached hydrogens (tertiary/aromatic N) is 3. The lowest BCUT2D eigenvalue weighted by Crippen LogP contribution is -2.23. The third-order valence-electron chi connectivity index (χ3n) is 3.91. The van der Waals surface area contributed by atoms with Gasteiger partial charge >= 0.3 is 0 Å². The van der Waals surface area contributed by atoms with Crippen molar-refractivity contribution in [1.29, 1.82) is 0 Å². The van der Waals surface area contributed by atoms with E-state index >= 15 is 0 Å². The highest BCUT2D eigenvalue weighted by molar-refractivity contribution is 7.14. The molecule has 1 amide bonds. The van der Waals surface area contributed by atoms with E-state index in [9.17, 15) is 4.79 Å². The highest BCUT2D eigenvalue weighted by atomic mass is 32.1. The number of hydrogen-bond acceptors (Lipinski definition) is 4. The van der Waals surface area contributed by atoms with Crippen LogP contribution in [-0.4, -0.2) is 20.7 Å². The van der Waals surface area contributed by atoms with Crippen LogP contribution in [0.2, 0.25) is 0 Å². The van der Waals surface area contributed by atoms with Crippen molar-refractivity contribution in [3.8, 4) is 10.6 Å². The van der Waals surface area contributed by atoms with Crippen molar-refractivity contribution in [3.63, 3.8) is 0 Å². The molecule has 3 aromatic rings. The zero-order valence-corrected chi connectivity index (χ0v) is 14.1. The molecule has 0 aliphatic carbocycles. The van der Waals surface area contributed by atoms with E-state index in [1.807, 2.05) is 61.9 Å². The van der Waals surface area contributed by atoms with Crippen LogP contribution >= 0.6 is 11.3 Å². The third kappa shape index (κ3) is 3.17. The molecule has 0 fully saturated rings.